The zero-order valence-electron chi connectivity index (χ0n) is 14.5. The number of hydrogen-bond acceptors (Lipinski definition) is 6. The molecule has 0 bridgehead atoms. The minimum absolute atomic E-state index is 0.0586. The Hall–Kier alpha value is -1.93. The maximum atomic E-state index is 11.8. The highest BCUT2D eigenvalue weighted by Gasteiger charge is 2.19. The van der Waals surface area contributed by atoms with Crippen molar-refractivity contribution in [1.82, 2.24) is 24.7 Å². The molecule has 0 aromatic carbocycles. The molecule has 0 spiro atoms. The Morgan fingerprint density at radius 1 is 1.21 bits per heavy atom. The zero-order chi connectivity index (χ0) is 17.4. The van der Waals surface area contributed by atoms with Gasteiger partial charge in [-0.05, 0) is 13.8 Å². The summed E-state index contributed by atoms with van der Waals surface area (Å²) in [5.41, 5.74) is 0. The van der Waals surface area contributed by atoms with Crippen LogP contribution < -0.4 is 5.32 Å². The molecule has 0 atom stereocenters. The monoisotopic (exact) mass is 337 g/mol. The molecule has 0 radical (unpaired) electrons. The van der Waals surface area contributed by atoms with E-state index in [4.69, 9.17) is 4.74 Å². The minimum atomic E-state index is -0.398. The molecule has 134 valence electrons. The van der Waals surface area contributed by atoms with E-state index in [0.717, 1.165) is 45.1 Å². The third kappa shape index (κ3) is 5.93. The molecule has 2 rings (SSSR count). The second kappa shape index (κ2) is 9.39. The predicted octanol–water partition coefficient (Wildman–Crippen LogP) is -0.512. The van der Waals surface area contributed by atoms with Gasteiger partial charge >= 0.3 is 5.97 Å². The van der Waals surface area contributed by atoms with E-state index in [-0.39, 0.29) is 12.5 Å². The van der Waals surface area contributed by atoms with Crippen LogP contribution in [0.2, 0.25) is 0 Å². The fraction of sp³-hybridized carbons (Fsp3) is 0.688. The van der Waals surface area contributed by atoms with Crippen LogP contribution in [0.15, 0.2) is 12.4 Å². The lowest BCUT2D eigenvalue weighted by Gasteiger charge is -2.34. The summed E-state index contributed by atoms with van der Waals surface area (Å²) >= 11 is 0. The Kier molecular flexibility index (Phi) is 7.20. The van der Waals surface area contributed by atoms with Crippen LogP contribution >= 0.6 is 0 Å². The van der Waals surface area contributed by atoms with E-state index in [0.29, 0.717) is 13.2 Å². The third-order valence-corrected chi connectivity index (χ3v) is 4.15. The fourth-order valence-electron chi connectivity index (χ4n) is 2.70. The van der Waals surface area contributed by atoms with E-state index < -0.39 is 5.97 Å². The van der Waals surface area contributed by atoms with Crippen LogP contribution in [0.5, 0.6) is 0 Å². The smallest absolute Gasteiger partial charge is 0.325 e. The first-order valence-electron chi connectivity index (χ1n) is 8.43. The molecular weight excluding hydrogens is 310 g/mol. The number of esters is 1. The summed E-state index contributed by atoms with van der Waals surface area (Å²) in [5.74, 6) is 0.503. The van der Waals surface area contributed by atoms with Gasteiger partial charge in [0.1, 0.15) is 12.4 Å². The zero-order valence-corrected chi connectivity index (χ0v) is 14.5. The standard InChI is InChI=1S/C16H27N5O3/c1-3-24-16(23)12-18-15(22)13-20-8-6-19(7-9-20)10-11-21-5-4-17-14(21)2/h4-5H,3,6-13H2,1-2H3,(H,18,22). The minimum Gasteiger partial charge on any atom is -0.465 e. The van der Waals surface area contributed by atoms with Gasteiger partial charge in [0, 0.05) is 51.7 Å². The van der Waals surface area contributed by atoms with Crippen molar-refractivity contribution in [3.05, 3.63) is 18.2 Å². The number of ether oxygens (including phenoxy) is 1. The average molecular weight is 337 g/mol. The van der Waals surface area contributed by atoms with Crippen molar-refractivity contribution in [2.45, 2.75) is 20.4 Å². The number of rotatable bonds is 8. The number of amides is 1. The molecular formula is C16H27N5O3. The Morgan fingerprint density at radius 3 is 2.54 bits per heavy atom. The number of imidazole rings is 1. The molecule has 1 aromatic rings. The van der Waals surface area contributed by atoms with Gasteiger partial charge in [0.05, 0.1) is 13.2 Å². The summed E-state index contributed by atoms with van der Waals surface area (Å²) in [6.45, 7) is 9.87. The highest BCUT2D eigenvalue weighted by molar-refractivity contribution is 5.83. The van der Waals surface area contributed by atoms with Gasteiger partial charge in [-0.1, -0.05) is 0 Å². The van der Waals surface area contributed by atoms with E-state index in [1.165, 1.54) is 0 Å². The topological polar surface area (TPSA) is 79.7 Å². The number of nitrogens with zero attached hydrogens (tertiary/aromatic N) is 4. The van der Waals surface area contributed by atoms with Crippen molar-refractivity contribution in [3.63, 3.8) is 0 Å². The third-order valence-electron chi connectivity index (χ3n) is 4.15. The summed E-state index contributed by atoms with van der Waals surface area (Å²) in [7, 11) is 0. The van der Waals surface area contributed by atoms with Crippen molar-refractivity contribution in [3.8, 4) is 0 Å². The lowest BCUT2D eigenvalue weighted by Crippen LogP contribution is -2.50. The Balaban J connectivity index is 1.61. The number of piperazine rings is 1. The van der Waals surface area contributed by atoms with Crippen LogP contribution in [0, 0.1) is 6.92 Å². The van der Waals surface area contributed by atoms with Crippen molar-refractivity contribution < 1.29 is 14.3 Å². The Labute approximate surface area is 142 Å². The lowest BCUT2D eigenvalue weighted by atomic mass is 10.3. The van der Waals surface area contributed by atoms with E-state index >= 15 is 0 Å². The first-order chi connectivity index (χ1) is 11.6. The SMILES string of the molecule is CCOC(=O)CNC(=O)CN1CCN(CCn2ccnc2C)CC1. The second-order valence-corrected chi connectivity index (χ2v) is 5.87. The van der Waals surface area contributed by atoms with Gasteiger partial charge in [0.15, 0.2) is 0 Å². The van der Waals surface area contributed by atoms with Crippen LogP contribution in [-0.4, -0.2) is 83.6 Å². The first kappa shape index (κ1) is 18.4. The molecule has 8 heteroatoms. The molecule has 0 aliphatic carbocycles. The number of aromatic nitrogens is 2. The van der Waals surface area contributed by atoms with Gasteiger partial charge in [0.2, 0.25) is 5.91 Å². The molecule has 0 unspecified atom stereocenters. The highest BCUT2D eigenvalue weighted by Crippen LogP contribution is 2.03. The van der Waals surface area contributed by atoms with E-state index in [1.807, 2.05) is 19.3 Å². The molecule has 0 saturated carbocycles. The van der Waals surface area contributed by atoms with E-state index in [1.54, 1.807) is 6.92 Å². The van der Waals surface area contributed by atoms with Crippen molar-refractivity contribution >= 4 is 11.9 Å². The molecule has 1 saturated heterocycles. The molecule has 1 amide bonds. The summed E-state index contributed by atoms with van der Waals surface area (Å²) in [5, 5.41) is 2.60. The van der Waals surface area contributed by atoms with E-state index in [2.05, 4.69) is 24.7 Å². The molecule has 1 aromatic heterocycles. The van der Waals surface area contributed by atoms with Gasteiger partial charge in [-0.25, -0.2) is 4.98 Å². The van der Waals surface area contributed by atoms with Crippen molar-refractivity contribution in [2.75, 3.05) is 52.4 Å². The van der Waals surface area contributed by atoms with Crippen LogP contribution in [0.25, 0.3) is 0 Å². The molecule has 1 aliphatic heterocycles. The molecule has 24 heavy (non-hydrogen) atoms. The van der Waals surface area contributed by atoms with Crippen LogP contribution in [0.3, 0.4) is 0 Å². The molecule has 8 nitrogen and oxygen atoms in total. The van der Waals surface area contributed by atoms with Crippen LogP contribution in [0.1, 0.15) is 12.7 Å². The summed E-state index contributed by atoms with van der Waals surface area (Å²) in [6.07, 6.45) is 3.82. The van der Waals surface area contributed by atoms with Gasteiger partial charge < -0.3 is 14.6 Å². The number of aryl methyl sites for hydroxylation is 1. The maximum absolute atomic E-state index is 11.8. The predicted molar refractivity (Wildman–Crippen MR) is 89.5 cm³/mol. The Bertz CT molecular complexity index is 538. The molecule has 1 aliphatic rings. The van der Waals surface area contributed by atoms with Crippen molar-refractivity contribution in [2.24, 2.45) is 0 Å². The average Bonchev–Trinajstić information content (AvgIpc) is 2.98. The van der Waals surface area contributed by atoms with Crippen LogP contribution in [-0.2, 0) is 20.9 Å². The highest BCUT2D eigenvalue weighted by atomic mass is 16.5. The van der Waals surface area contributed by atoms with Crippen LogP contribution in [0.4, 0.5) is 0 Å². The Morgan fingerprint density at radius 2 is 1.92 bits per heavy atom. The quantitative estimate of drug-likeness (QED) is 0.644. The number of carbonyl (C=O) groups excluding carboxylic acids is 2. The van der Waals surface area contributed by atoms with Crippen molar-refractivity contribution in [1.29, 1.82) is 0 Å². The molecule has 1 N–H and O–H groups in total. The van der Waals surface area contributed by atoms with Gasteiger partial charge in [0.25, 0.3) is 0 Å². The number of hydrogen-bond donors (Lipinski definition) is 1. The second-order valence-electron chi connectivity index (χ2n) is 5.87. The van der Waals surface area contributed by atoms with Gasteiger partial charge in [-0.3, -0.25) is 19.4 Å². The fourth-order valence-corrected chi connectivity index (χ4v) is 2.70. The largest absolute Gasteiger partial charge is 0.465 e. The summed E-state index contributed by atoms with van der Waals surface area (Å²) in [4.78, 5) is 31.8. The molecule has 1 fully saturated rings. The van der Waals surface area contributed by atoms with Gasteiger partial charge in [-0.2, -0.15) is 0 Å². The molecule has 2 heterocycles. The number of nitrogens with one attached hydrogen (secondary N) is 1. The van der Waals surface area contributed by atoms with Gasteiger partial charge in [-0.15, -0.1) is 0 Å². The summed E-state index contributed by atoms with van der Waals surface area (Å²) in [6, 6.07) is 0. The summed E-state index contributed by atoms with van der Waals surface area (Å²) < 4.78 is 6.93. The maximum Gasteiger partial charge on any atom is 0.325 e. The lowest BCUT2D eigenvalue weighted by molar-refractivity contribution is -0.143. The first-order valence-corrected chi connectivity index (χ1v) is 8.43. The normalized spacial score (nSPS) is 16.1. The number of carbonyl (C=O) groups is 2. The van der Waals surface area contributed by atoms with E-state index in [9.17, 15) is 9.59 Å².